The zero-order valence-corrected chi connectivity index (χ0v) is 11.2. The van der Waals surface area contributed by atoms with E-state index in [1.54, 1.807) is 0 Å². The molecule has 0 radical (unpaired) electrons. The van der Waals surface area contributed by atoms with Gasteiger partial charge in [-0.3, -0.25) is 4.79 Å². The molecule has 0 bridgehead atoms. The molecule has 1 fully saturated rings. The van der Waals surface area contributed by atoms with Gasteiger partial charge in [0.05, 0.1) is 5.56 Å². The highest BCUT2D eigenvalue weighted by Crippen LogP contribution is 2.32. The molecular weight excluding hydrogens is 288 g/mol. The van der Waals surface area contributed by atoms with Crippen molar-refractivity contribution < 1.29 is 22.4 Å². The number of hydrogen-bond donors (Lipinski definition) is 2. The Bertz CT molecular complexity index is 530. The fraction of sp³-hybridized carbons (Fsp3) is 0.500. The zero-order chi connectivity index (χ0) is 15.6. The number of carbonyl (C=O) groups excluding carboxylic acids is 1. The van der Waals surface area contributed by atoms with Crippen LogP contribution in [0.15, 0.2) is 18.2 Å². The van der Waals surface area contributed by atoms with E-state index in [1.807, 2.05) is 0 Å². The van der Waals surface area contributed by atoms with Crippen molar-refractivity contribution in [1.82, 2.24) is 5.32 Å². The van der Waals surface area contributed by atoms with Crippen molar-refractivity contribution in [3.63, 3.8) is 0 Å². The lowest BCUT2D eigenvalue weighted by Gasteiger charge is -2.15. The quantitative estimate of drug-likeness (QED) is 0.843. The monoisotopic (exact) mass is 304 g/mol. The Morgan fingerprint density at radius 3 is 2.62 bits per heavy atom. The third-order valence-corrected chi connectivity index (χ3v) is 3.67. The van der Waals surface area contributed by atoms with Crippen molar-refractivity contribution in [2.24, 2.45) is 11.7 Å². The molecule has 0 heterocycles. The maximum absolute atomic E-state index is 13.1. The minimum absolute atomic E-state index is 0.0411. The smallest absolute Gasteiger partial charge is 0.352 e. The molecule has 0 saturated heterocycles. The number of halogens is 4. The Morgan fingerprint density at radius 1 is 1.33 bits per heavy atom. The van der Waals surface area contributed by atoms with Crippen LogP contribution in [0.1, 0.15) is 30.4 Å². The fourth-order valence-electron chi connectivity index (χ4n) is 2.57. The largest absolute Gasteiger partial charge is 0.416 e. The molecule has 1 aliphatic carbocycles. The van der Waals surface area contributed by atoms with E-state index in [-0.39, 0.29) is 30.0 Å². The highest BCUT2D eigenvalue weighted by Gasteiger charge is 2.34. The predicted octanol–water partition coefficient (Wildman–Crippen LogP) is 2.59. The summed E-state index contributed by atoms with van der Waals surface area (Å²) in [6.07, 6.45) is -2.70. The average Bonchev–Trinajstić information content (AvgIpc) is 2.81. The maximum atomic E-state index is 13.1. The van der Waals surface area contributed by atoms with E-state index in [4.69, 9.17) is 5.73 Å². The van der Waals surface area contributed by atoms with Crippen LogP contribution in [-0.4, -0.2) is 11.9 Å². The molecule has 21 heavy (non-hydrogen) atoms. The second-order valence-corrected chi connectivity index (χ2v) is 5.29. The number of nitrogens with two attached hydrogens (primary N) is 1. The van der Waals surface area contributed by atoms with Gasteiger partial charge >= 0.3 is 6.18 Å². The molecule has 0 unspecified atom stereocenters. The van der Waals surface area contributed by atoms with Gasteiger partial charge in [-0.2, -0.15) is 13.2 Å². The molecule has 0 aliphatic heterocycles. The standard InChI is InChI=1S/C14H16F4N2O/c15-10-2-4-12(14(16,17)18)9(5-10)7-20-13(21)8-1-3-11(19)6-8/h2,4-5,8,11H,1,3,6-7,19H2,(H,20,21)/t8-,11+/m0/s1. The van der Waals surface area contributed by atoms with Gasteiger partial charge in [0, 0.05) is 18.5 Å². The molecule has 2 rings (SSSR count). The number of alkyl halides is 3. The Kier molecular flexibility index (Phi) is 4.51. The molecule has 0 aromatic heterocycles. The first-order chi connectivity index (χ1) is 9.77. The SMILES string of the molecule is N[C@@H]1CC[C@H](C(=O)NCc2cc(F)ccc2C(F)(F)F)C1. The Balaban J connectivity index is 2.06. The van der Waals surface area contributed by atoms with Gasteiger partial charge in [0.2, 0.25) is 5.91 Å². The van der Waals surface area contributed by atoms with E-state index in [0.29, 0.717) is 18.9 Å². The van der Waals surface area contributed by atoms with Gasteiger partial charge in [-0.05, 0) is 43.0 Å². The summed E-state index contributed by atoms with van der Waals surface area (Å²) in [5.41, 5.74) is 4.48. The molecule has 1 amide bonds. The highest BCUT2D eigenvalue weighted by molar-refractivity contribution is 5.79. The number of amides is 1. The second-order valence-electron chi connectivity index (χ2n) is 5.29. The first-order valence-electron chi connectivity index (χ1n) is 6.66. The molecule has 3 N–H and O–H groups in total. The summed E-state index contributed by atoms with van der Waals surface area (Å²) < 4.78 is 51.5. The molecule has 3 nitrogen and oxygen atoms in total. The molecule has 0 spiro atoms. The molecule has 7 heteroatoms. The van der Waals surface area contributed by atoms with Crippen molar-refractivity contribution >= 4 is 5.91 Å². The Labute approximate surface area is 119 Å². The molecule has 1 saturated carbocycles. The van der Waals surface area contributed by atoms with Crippen LogP contribution in [-0.2, 0) is 17.5 Å². The third kappa shape index (κ3) is 3.93. The van der Waals surface area contributed by atoms with Crippen LogP contribution in [0.25, 0.3) is 0 Å². The number of nitrogens with one attached hydrogen (secondary N) is 1. The van der Waals surface area contributed by atoms with Crippen molar-refractivity contribution in [1.29, 1.82) is 0 Å². The molecule has 1 aromatic rings. The van der Waals surface area contributed by atoms with E-state index in [1.165, 1.54) is 0 Å². The fourth-order valence-corrected chi connectivity index (χ4v) is 2.57. The highest BCUT2D eigenvalue weighted by atomic mass is 19.4. The van der Waals surface area contributed by atoms with E-state index in [2.05, 4.69) is 5.32 Å². The van der Waals surface area contributed by atoms with Crippen molar-refractivity contribution in [3.8, 4) is 0 Å². The number of rotatable bonds is 3. The van der Waals surface area contributed by atoms with Crippen LogP contribution < -0.4 is 11.1 Å². The number of carbonyl (C=O) groups is 1. The van der Waals surface area contributed by atoms with Gasteiger partial charge in [0.1, 0.15) is 5.82 Å². The van der Waals surface area contributed by atoms with Gasteiger partial charge in [-0.1, -0.05) is 0 Å². The minimum atomic E-state index is -4.58. The second kappa shape index (κ2) is 6.01. The summed E-state index contributed by atoms with van der Waals surface area (Å²) in [5, 5.41) is 2.44. The van der Waals surface area contributed by atoms with Gasteiger partial charge < -0.3 is 11.1 Å². The van der Waals surface area contributed by atoms with E-state index in [9.17, 15) is 22.4 Å². The van der Waals surface area contributed by atoms with Crippen LogP contribution in [0.2, 0.25) is 0 Å². The summed E-state index contributed by atoms with van der Waals surface area (Å²) >= 11 is 0. The molecule has 1 aliphatic rings. The lowest BCUT2D eigenvalue weighted by atomic mass is 10.0. The lowest BCUT2D eigenvalue weighted by molar-refractivity contribution is -0.138. The van der Waals surface area contributed by atoms with E-state index < -0.39 is 17.6 Å². The Hall–Kier alpha value is -1.63. The summed E-state index contributed by atoms with van der Waals surface area (Å²) in [6.45, 7) is -0.350. The minimum Gasteiger partial charge on any atom is -0.352 e. The Morgan fingerprint density at radius 2 is 2.05 bits per heavy atom. The molecule has 2 atom stereocenters. The third-order valence-electron chi connectivity index (χ3n) is 3.67. The maximum Gasteiger partial charge on any atom is 0.416 e. The van der Waals surface area contributed by atoms with E-state index >= 15 is 0 Å². The average molecular weight is 304 g/mol. The summed E-state index contributed by atoms with van der Waals surface area (Å²) in [7, 11) is 0. The number of benzene rings is 1. The van der Waals surface area contributed by atoms with Crippen LogP contribution >= 0.6 is 0 Å². The summed E-state index contributed by atoms with van der Waals surface area (Å²) in [5.74, 6) is -1.38. The van der Waals surface area contributed by atoms with Crippen molar-refractivity contribution in [3.05, 3.63) is 35.1 Å². The predicted molar refractivity (Wildman–Crippen MR) is 68.6 cm³/mol. The normalized spacial score (nSPS) is 22.3. The first kappa shape index (κ1) is 15.8. The van der Waals surface area contributed by atoms with Crippen LogP contribution in [0.4, 0.5) is 17.6 Å². The van der Waals surface area contributed by atoms with Crippen molar-refractivity contribution in [2.75, 3.05) is 0 Å². The van der Waals surface area contributed by atoms with Gasteiger partial charge in [-0.25, -0.2) is 4.39 Å². The molecule has 116 valence electrons. The summed E-state index contributed by atoms with van der Waals surface area (Å²) in [6, 6.07) is 2.19. The topological polar surface area (TPSA) is 55.1 Å². The van der Waals surface area contributed by atoms with Gasteiger partial charge in [0.15, 0.2) is 0 Å². The number of hydrogen-bond acceptors (Lipinski definition) is 2. The zero-order valence-electron chi connectivity index (χ0n) is 11.2. The first-order valence-corrected chi connectivity index (χ1v) is 6.66. The lowest BCUT2D eigenvalue weighted by Crippen LogP contribution is -2.30. The van der Waals surface area contributed by atoms with Gasteiger partial charge in [-0.15, -0.1) is 0 Å². The molecular formula is C14H16F4N2O. The van der Waals surface area contributed by atoms with Gasteiger partial charge in [0.25, 0.3) is 0 Å². The van der Waals surface area contributed by atoms with Crippen LogP contribution in [0.3, 0.4) is 0 Å². The van der Waals surface area contributed by atoms with Crippen LogP contribution in [0, 0.1) is 11.7 Å². The summed E-state index contributed by atoms with van der Waals surface area (Å²) in [4.78, 5) is 11.9. The van der Waals surface area contributed by atoms with Crippen LogP contribution in [0.5, 0.6) is 0 Å². The molecule has 1 aromatic carbocycles. The van der Waals surface area contributed by atoms with Crippen molar-refractivity contribution in [2.45, 2.75) is 38.0 Å². The van der Waals surface area contributed by atoms with E-state index in [0.717, 1.165) is 18.6 Å².